The summed E-state index contributed by atoms with van der Waals surface area (Å²) < 4.78 is 5.99. The number of hydrogen-bond donors (Lipinski definition) is 1. The second-order valence-electron chi connectivity index (χ2n) is 20.7. The molecule has 3 heterocycles. The summed E-state index contributed by atoms with van der Waals surface area (Å²) in [7, 11) is 0. The predicted octanol–water partition coefficient (Wildman–Crippen LogP) is 20.4. The van der Waals surface area contributed by atoms with Gasteiger partial charge in [-0.25, -0.2) is 4.98 Å². The van der Waals surface area contributed by atoms with Gasteiger partial charge in [0.25, 0.3) is 0 Å². The molecule has 15 rings (SSSR count). The number of aromatic nitrogens is 3. The Morgan fingerprint density at radius 2 is 0.962 bits per heavy atom. The second-order valence-corrected chi connectivity index (χ2v) is 21.7. The molecule has 0 spiro atoms. The number of nitrogens with zero attached hydrogens (tertiary/aromatic N) is 3. The fourth-order valence-electron chi connectivity index (χ4n) is 12.1. The van der Waals surface area contributed by atoms with Gasteiger partial charge in [0.05, 0.1) is 26.8 Å². The lowest BCUT2D eigenvalue weighted by atomic mass is 9.95. The summed E-state index contributed by atoms with van der Waals surface area (Å²) in [5.41, 5.74) is 26.0. The van der Waals surface area contributed by atoms with Gasteiger partial charge in [-0.3, -0.25) is 0 Å². The molecule has 374 valence electrons. The van der Waals surface area contributed by atoms with E-state index in [9.17, 15) is 0 Å². The van der Waals surface area contributed by atoms with Gasteiger partial charge in [-0.05, 0) is 149 Å². The zero-order chi connectivity index (χ0) is 52.4. The van der Waals surface area contributed by atoms with Crippen LogP contribution in [0.5, 0.6) is 0 Å². The van der Waals surface area contributed by atoms with E-state index in [1.807, 2.05) is 0 Å². The van der Waals surface area contributed by atoms with Crippen LogP contribution in [0.2, 0.25) is 0 Å². The largest absolute Gasteiger partial charge is 0.355 e. The van der Waals surface area contributed by atoms with Gasteiger partial charge in [-0.1, -0.05) is 182 Å². The van der Waals surface area contributed by atoms with Gasteiger partial charge in [0.1, 0.15) is 5.01 Å². The molecule has 0 unspecified atom stereocenters. The predicted molar refractivity (Wildman–Crippen MR) is 335 cm³/mol. The molecule has 3 aromatic heterocycles. The average molecular weight is 1030 g/mol. The molecule has 1 aliphatic carbocycles. The standard InChI is InChI=1S/C74H52N4S/c1-48-16-8-9-21-59(48)62-22-10-13-25-67(62)75-56-40-36-53(37-41-56)74-76-72-60(51-32-28-49(29-33-51)54-38-44-70-65(46-54)63-23-11-14-26-68(63)77(70)57-17-4-2-5-18-57)42-43-61(73(72)79-74)52-34-30-50(31-35-52)55-39-45-71-66(47-55)64-24-12-15-27-69(64)78(71)58-19-6-3-7-20-58/h2-13,15-25,27-47,75H,14,26H2,1H3. The van der Waals surface area contributed by atoms with Crippen molar-refractivity contribution in [3.05, 3.63) is 278 Å². The zero-order valence-electron chi connectivity index (χ0n) is 43.6. The van der Waals surface area contributed by atoms with Gasteiger partial charge in [0, 0.05) is 72.4 Å². The highest BCUT2D eigenvalue weighted by molar-refractivity contribution is 7.22. The Morgan fingerprint density at radius 1 is 0.418 bits per heavy atom. The normalized spacial score (nSPS) is 12.2. The molecule has 5 heteroatoms. The van der Waals surface area contributed by atoms with Gasteiger partial charge in [-0.15, -0.1) is 11.3 Å². The topological polar surface area (TPSA) is 34.8 Å². The van der Waals surface area contributed by atoms with E-state index in [0.29, 0.717) is 0 Å². The summed E-state index contributed by atoms with van der Waals surface area (Å²) in [6, 6.07) is 92.7. The van der Waals surface area contributed by atoms with E-state index in [2.05, 4.69) is 288 Å². The van der Waals surface area contributed by atoms with E-state index in [4.69, 9.17) is 4.98 Å². The van der Waals surface area contributed by atoms with Crippen LogP contribution in [0.25, 0.3) is 127 Å². The van der Waals surface area contributed by atoms with Crippen LogP contribution >= 0.6 is 11.3 Å². The Morgan fingerprint density at radius 3 is 1.68 bits per heavy atom. The summed E-state index contributed by atoms with van der Waals surface area (Å²) >= 11 is 1.77. The molecule has 1 N–H and O–H groups in total. The number of allylic oxidation sites excluding steroid dienone is 1. The molecule has 1 aliphatic rings. The van der Waals surface area contributed by atoms with Crippen molar-refractivity contribution in [2.45, 2.75) is 19.8 Å². The molecule has 0 fully saturated rings. The number of fused-ring (bicyclic) bond motifs is 7. The minimum absolute atomic E-state index is 0.986. The molecule has 0 radical (unpaired) electrons. The van der Waals surface area contributed by atoms with E-state index in [1.165, 1.54) is 98.9 Å². The maximum atomic E-state index is 5.54. The first-order valence-corrected chi connectivity index (χ1v) is 28.1. The van der Waals surface area contributed by atoms with Crippen LogP contribution in [0.4, 0.5) is 11.4 Å². The van der Waals surface area contributed by atoms with E-state index in [-0.39, 0.29) is 0 Å². The smallest absolute Gasteiger partial charge is 0.124 e. The SMILES string of the molecule is Cc1ccccc1-c1ccccc1Nc1ccc(-c2nc3c(-c4ccc(-c5ccc6c(c5)c5c(n6-c6ccccc6)CCC=C5)cc4)ccc(-c4ccc(-c5ccc6c(c5)c5ccccc5n6-c5ccccc5)cc4)c3s2)cc1. The lowest BCUT2D eigenvalue weighted by Gasteiger charge is -2.14. The summed E-state index contributed by atoms with van der Waals surface area (Å²) in [4.78, 5) is 5.54. The number of nitrogens with one attached hydrogen (secondary N) is 1. The molecule has 0 atom stereocenters. The first-order valence-electron chi connectivity index (χ1n) is 27.2. The second kappa shape index (κ2) is 19.3. The fraction of sp³-hybridized carbons (Fsp3) is 0.0405. The van der Waals surface area contributed by atoms with Crippen molar-refractivity contribution in [2.75, 3.05) is 5.32 Å². The highest BCUT2D eigenvalue weighted by Gasteiger charge is 2.21. The Hall–Kier alpha value is -9.81. The molecule has 4 nitrogen and oxygen atoms in total. The summed E-state index contributed by atoms with van der Waals surface area (Å²) in [6.45, 7) is 2.17. The molecule has 79 heavy (non-hydrogen) atoms. The number of rotatable bonds is 10. The minimum Gasteiger partial charge on any atom is -0.355 e. The number of benzene rings is 11. The third-order valence-electron chi connectivity index (χ3n) is 16.0. The van der Waals surface area contributed by atoms with Crippen LogP contribution < -0.4 is 5.32 Å². The first kappa shape index (κ1) is 46.5. The van der Waals surface area contributed by atoms with Crippen molar-refractivity contribution in [2.24, 2.45) is 0 Å². The van der Waals surface area contributed by atoms with Crippen molar-refractivity contribution < 1.29 is 0 Å². The van der Waals surface area contributed by atoms with Gasteiger partial charge in [-0.2, -0.15) is 0 Å². The summed E-state index contributed by atoms with van der Waals surface area (Å²) in [6.07, 6.45) is 6.73. The Labute approximate surface area is 463 Å². The highest BCUT2D eigenvalue weighted by atomic mass is 32.1. The zero-order valence-corrected chi connectivity index (χ0v) is 44.4. The highest BCUT2D eigenvalue weighted by Crippen LogP contribution is 2.44. The molecular weight excluding hydrogens is 977 g/mol. The van der Waals surface area contributed by atoms with Gasteiger partial charge in [0.2, 0.25) is 0 Å². The van der Waals surface area contributed by atoms with Crippen LogP contribution in [0.3, 0.4) is 0 Å². The maximum Gasteiger partial charge on any atom is 0.124 e. The van der Waals surface area contributed by atoms with Crippen molar-refractivity contribution in [3.8, 4) is 77.6 Å². The molecule has 0 saturated heterocycles. The number of hydrogen-bond acceptors (Lipinski definition) is 3. The Balaban J connectivity index is 0.792. The molecule has 0 amide bonds. The lowest BCUT2D eigenvalue weighted by Crippen LogP contribution is -2.02. The molecule has 0 aliphatic heterocycles. The van der Waals surface area contributed by atoms with Crippen LogP contribution in [0.1, 0.15) is 23.2 Å². The van der Waals surface area contributed by atoms with E-state index >= 15 is 0 Å². The molecular formula is C74H52N4S. The average Bonchev–Trinajstić information content (AvgIpc) is 4.30. The minimum atomic E-state index is 0.986. The number of thiazole rings is 1. The molecule has 0 bridgehead atoms. The van der Waals surface area contributed by atoms with E-state index in [1.54, 1.807) is 11.3 Å². The van der Waals surface area contributed by atoms with Crippen LogP contribution in [-0.2, 0) is 6.42 Å². The number of aryl methyl sites for hydroxylation is 1. The quantitative estimate of drug-likeness (QED) is 0.148. The van der Waals surface area contributed by atoms with Gasteiger partial charge >= 0.3 is 0 Å². The summed E-state index contributed by atoms with van der Waals surface area (Å²) in [5, 5.41) is 8.50. The third-order valence-corrected chi connectivity index (χ3v) is 17.2. The van der Waals surface area contributed by atoms with Crippen LogP contribution in [0, 0.1) is 6.92 Å². The molecule has 11 aromatic carbocycles. The summed E-state index contributed by atoms with van der Waals surface area (Å²) in [5.74, 6) is 0. The first-order chi connectivity index (χ1) is 39.1. The van der Waals surface area contributed by atoms with Crippen molar-refractivity contribution in [1.29, 1.82) is 0 Å². The van der Waals surface area contributed by atoms with Crippen molar-refractivity contribution in [3.63, 3.8) is 0 Å². The lowest BCUT2D eigenvalue weighted by molar-refractivity contribution is 0.888. The monoisotopic (exact) mass is 1030 g/mol. The van der Waals surface area contributed by atoms with Crippen molar-refractivity contribution in [1.82, 2.24) is 14.1 Å². The van der Waals surface area contributed by atoms with E-state index < -0.39 is 0 Å². The molecule has 14 aromatic rings. The maximum absolute atomic E-state index is 5.54. The van der Waals surface area contributed by atoms with Gasteiger partial charge in [0.15, 0.2) is 0 Å². The Bertz CT molecular complexity index is 4660. The van der Waals surface area contributed by atoms with E-state index in [0.717, 1.165) is 62.7 Å². The van der Waals surface area contributed by atoms with Crippen LogP contribution in [-0.4, -0.2) is 14.1 Å². The number of para-hydroxylation sites is 4. The van der Waals surface area contributed by atoms with Gasteiger partial charge < -0.3 is 14.5 Å². The fourth-order valence-corrected chi connectivity index (χ4v) is 13.2. The number of anilines is 2. The van der Waals surface area contributed by atoms with Crippen molar-refractivity contribution >= 4 is 71.7 Å². The van der Waals surface area contributed by atoms with Crippen LogP contribution in [0.15, 0.2) is 261 Å². The molecule has 0 saturated carbocycles. The Kier molecular flexibility index (Phi) is 11.4. The third kappa shape index (κ3) is 8.17.